The van der Waals surface area contributed by atoms with Crippen LogP contribution >= 0.6 is 0 Å². The fourth-order valence-electron chi connectivity index (χ4n) is 2.97. The van der Waals surface area contributed by atoms with Gasteiger partial charge in [-0.2, -0.15) is 0 Å². The molecule has 1 atom stereocenters. The number of aliphatic hydroxyl groups excluding tert-OH is 1. The largest absolute Gasteiger partial charge is 0.400 e. The van der Waals surface area contributed by atoms with E-state index in [-0.39, 0.29) is 0 Å². The summed E-state index contributed by atoms with van der Waals surface area (Å²) in [6.07, 6.45) is 7.99. The van der Waals surface area contributed by atoms with E-state index in [1.807, 2.05) is 13.3 Å². The average molecular weight is 268 g/mol. The van der Waals surface area contributed by atoms with Crippen molar-refractivity contribution >= 4 is 6.21 Å². The van der Waals surface area contributed by atoms with Crippen LogP contribution in [0.5, 0.6) is 0 Å². The number of aliphatic hydroxyl groups is 1. The van der Waals surface area contributed by atoms with Gasteiger partial charge >= 0.3 is 0 Å². The first kappa shape index (κ1) is 16.3. The Labute approximate surface area is 117 Å². The van der Waals surface area contributed by atoms with Crippen molar-refractivity contribution in [3.63, 3.8) is 0 Å². The van der Waals surface area contributed by atoms with Crippen molar-refractivity contribution in [2.45, 2.75) is 32.2 Å². The molecule has 0 spiro atoms. The second-order valence-corrected chi connectivity index (χ2v) is 5.00. The zero-order valence-electron chi connectivity index (χ0n) is 12.5. The lowest BCUT2D eigenvalue weighted by Crippen LogP contribution is -2.42. The maximum absolute atomic E-state index is 7.00. The fourth-order valence-corrected chi connectivity index (χ4v) is 2.97. The SMILES string of the molecule is C/C=C(\C=NC)C1CCN(C2CCOC2)CC1.CO. The molecule has 1 N–H and O–H groups in total. The molecular formula is C15H28N2O2. The normalized spacial score (nSPS) is 26.5. The number of hydrogen-bond acceptors (Lipinski definition) is 4. The summed E-state index contributed by atoms with van der Waals surface area (Å²) in [5.41, 5.74) is 1.41. The Hall–Kier alpha value is -0.710. The van der Waals surface area contributed by atoms with Crippen LogP contribution in [0.4, 0.5) is 0 Å². The Morgan fingerprint density at radius 2 is 1.95 bits per heavy atom. The Kier molecular flexibility index (Phi) is 7.94. The second kappa shape index (κ2) is 9.23. The minimum atomic E-state index is 0.685. The molecule has 4 heteroatoms. The monoisotopic (exact) mass is 268 g/mol. The van der Waals surface area contributed by atoms with Gasteiger partial charge in [0.1, 0.15) is 0 Å². The van der Waals surface area contributed by atoms with E-state index in [1.165, 1.54) is 37.9 Å². The molecule has 0 aromatic rings. The molecule has 0 amide bonds. The summed E-state index contributed by atoms with van der Waals surface area (Å²) in [7, 11) is 2.86. The molecule has 2 rings (SSSR count). The maximum atomic E-state index is 7.00. The molecule has 0 aliphatic carbocycles. The Balaban J connectivity index is 0.000000861. The molecule has 4 nitrogen and oxygen atoms in total. The third kappa shape index (κ3) is 4.71. The number of likely N-dealkylation sites (tertiary alicyclic amines) is 1. The van der Waals surface area contributed by atoms with Gasteiger partial charge < -0.3 is 9.84 Å². The summed E-state index contributed by atoms with van der Waals surface area (Å²) in [6, 6.07) is 0.685. The van der Waals surface area contributed by atoms with Crippen LogP contribution in [-0.2, 0) is 4.74 Å². The lowest BCUT2D eigenvalue weighted by Gasteiger charge is -2.35. The lowest BCUT2D eigenvalue weighted by atomic mass is 9.89. The van der Waals surface area contributed by atoms with Gasteiger partial charge in [-0.3, -0.25) is 9.89 Å². The van der Waals surface area contributed by atoms with E-state index in [0.29, 0.717) is 12.0 Å². The fraction of sp³-hybridized carbons (Fsp3) is 0.800. The van der Waals surface area contributed by atoms with E-state index in [0.717, 1.165) is 20.3 Å². The lowest BCUT2D eigenvalue weighted by molar-refractivity contribution is 0.117. The zero-order chi connectivity index (χ0) is 14.1. The standard InChI is InChI=1S/C14H24N2O.CH4O/c1-3-12(10-15-2)13-4-7-16(8-5-13)14-6-9-17-11-14;1-2/h3,10,13-14H,4-9,11H2,1-2H3;2H,1H3/b12-3+,15-10?;. The van der Waals surface area contributed by atoms with E-state index in [1.54, 1.807) is 0 Å². The molecule has 1 unspecified atom stereocenters. The van der Waals surface area contributed by atoms with Gasteiger partial charge in [0.15, 0.2) is 0 Å². The predicted molar refractivity (Wildman–Crippen MR) is 79.8 cm³/mol. The predicted octanol–water partition coefficient (Wildman–Crippen LogP) is 1.74. The highest BCUT2D eigenvalue weighted by atomic mass is 16.5. The van der Waals surface area contributed by atoms with Crippen LogP contribution in [0.3, 0.4) is 0 Å². The molecule has 0 radical (unpaired) electrons. The van der Waals surface area contributed by atoms with E-state index < -0.39 is 0 Å². The number of allylic oxidation sites excluding steroid dienone is 2. The van der Waals surface area contributed by atoms with E-state index in [9.17, 15) is 0 Å². The second-order valence-electron chi connectivity index (χ2n) is 5.00. The summed E-state index contributed by atoms with van der Waals surface area (Å²) in [4.78, 5) is 6.76. The van der Waals surface area contributed by atoms with Crippen molar-refractivity contribution in [1.82, 2.24) is 4.90 Å². The topological polar surface area (TPSA) is 45.1 Å². The summed E-state index contributed by atoms with van der Waals surface area (Å²) in [5.74, 6) is 0.710. The van der Waals surface area contributed by atoms with Crippen molar-refractivity contribution in [2.24, 2.45) is 10.9 Å². The molecule has 0 aromatic heterocycles. The molecule has 2 saturated heterocycles. The molecule has 2 aliphatic rings. The molecule has 2 aliphatic heterocycles. The summed E-state index contributed by atoms with van der Waals surface area (Å²) in [6.45, 7) is 6.44. The summed E-state index contributed by atoms with van der Waals surface area (Å²) in [5, 5.41) is 7.00. The highest BCUT2D eigenvalue weighted by molar-refractivity contribution is 5.78. The van der Waals surface area contributed by atoms with Crippen molar-refractivity contribution in [3.8, 4) is 0 Å². The number of hydrogen-bond donors (Lipinski definition) is 1. The Morgan fingerprint density at radius 3 is 2.42 bits per heavy atom. The highest BCUT2D eigenvalue weighted by Crippen LogP contribution is 2.26. The first-order chi connectivity index (χ1) is 9.35. The molecule has 2 heterocycles. The Bertz CT molecular complexity index is 289. The van der Waals surface area contributed by atoms with Crippen LogP contribution < -0.4 is 0 Å². The van der Waals surface area contributed by atoms with Crippen LogP contribution in [0.1, 0.15) is 26.2 Å². The van der Waals surface area contributed by atoms with Crippen LogP contribution in [0.2, 0.25) is 0 Å². The van der Waals surface area contributed by atoms with Crippen LogP contribution in [0.15, 0.2) is 16.6 Å². The average Bonchev–Trinajstić information content (AvgIpc) is 3.01. The third-order valence-electron chi connectivity index (χ3n) is 4.03. The van der Waals surface area contributed by atoms with E-state index in [2.05, 4.69) is 22.9 Å². The van der Waals surface area contributed by atoms with Gasteiger partial charge in [-0.25, -0.2) is 0 Å². The van der Waals surface area contributed by atoms with Gasteiger partial charge in [-0.05, 0) is 50.8 Å². The van der Waals surface area contributed by atoms with Crippen molar-refractivity contribution < 1.29 is 9.84 Å². The summed E-state index contributed by atoms with van der Waals surface area (Å²) < 4.78 is 5.47. The molecule has 0 saturated carbocycles. The van der Waals surface area contributed by atoms with Crippen molar-refractivity contribution in [3.05, 3.63) is 11.6 Å². The minimum Gasteiger partial charge on any atom is -0.400 e. The Morgan fingerprint density at radius 1 is 1.26 bits per heavy atom. The first-order valence-corrected chi connectivity index (χ1v) is 7.20. The van der Waals surface area contributed by atoms with Crippen molar-refractivity contribution in [2.75, 3.05) is 40.5 Å². The van der Waals surface area contributed by atoms with Crippen LogP contribution in [-0.4, -0.2) is 62.7 Å². The molecular weight excluding hydrogens is 240 g/mol. The molecule has 110 valence electrons. The van der Waals surface area contributed by atoms with Crippen molar-refractivity contribution in [1.29, 1.82) is 0 Å². The van der Waals surface area contributed by atoms with Crippen LogP contribution in [0, 0.1) is 5.92 Å². The van der Waals surface area contributed by atoms with Gasteiger partial charge in [-0.15, -0.1) is 0 Å². The van der Waals surface area contributed by atoms with Gasteiger partial charge in [-0.1, -0.05) is 6.08 Å². The molecule has 2 fully saturated rings. The van der Waals surface area contributed by atoms with Gasteiger partial charge in [0.05, 0.1) is 6.61 Å². The van der Waals surface area contributed by atoms with Gasteiger partial charge in [0, 0.05) is 33.0 Å². The first-order valence-electron chi connectivity index (χ1n) is 7.20. The molecule has 0 aromatic carbocycles. The number of aliphatic imine (C=N–C) groups is 1. The quantitative estimate of drug-likeness (QED) is 0.793. The number of piperidine rings is 1. The summed E-state index contributed by atoms with van der Waals surface area (Å²) >= 11 is 0. The van der Waals surface area contributed by atoms with Gasteiger partial charge in [0.2, 0.25) is 0 Å². The number of nitrogens with zero attached hydrogens (tertiary/aromatic N) is 2. The van der Waals surface area contributed by atoms with Crippen LogP contribution in [0.25, 0.3) is 0 Å². The zero-order valence-corrected chi connectivity index (χ0v) is 12.5. The van der Waals surface area contributed by atoms with E-state index in [4.69, 9.17) is 9.84 Å². The molecule has 19 heavy (non-hydrogen) atoms. The number of rotatable bonds is 3. The minimum absolute atomic E-state index is 0.685. The smallest absolute Gasteiger partial charge is 0.0622 e. The number of ether oxygens (including phenoxy) is 1. The maximum Gasteiger partial charge on any atom is 0.0622 e. The molecule has 0 bridgehead atoms. The van der Waals surface area contributed by atoms with E-state index >= 15 is 0 Å². The highest BCUT2D eigenvalue weighted by Gasteiger charge is 2.28. The third-order valence-corrected chi connectivity index (χ3v) is 4.03. The van der Waals surface area contributed by atoms with Gasteiger partial charge in [0.25, 0.3) is 0 Å².